The maximum absolute atomic E-state index is 11.1. The van der Waals surface area contributed by atoms with Gasteiger partial charge in [-0.1, -0.05) is 30.3 Å². The Hall–Kier alpha value is -2.35. The maximum atomic E-state index is 11.1. The Morgan fingerprint density at radius 2 is 1.37 bits per heavy atom. The van der Waals surface area contributed by atoms with E-state index in [0.717, 1.165) is 16.3 Å². The number of rotatable bonds is 1. The zero-order valence-electron chi connectivity index (χ0n) is 10.9. The molecule has 0 bridgehead atoms. The molecule has 0 amide bonds. The third-order valence-corrected chi connectivity index (χ3v) is 3.81. The minimum absolute atomic E-state index is 0.338. The number of carbonyl (C=O) groups is 1. The van der Waals surface area contributed by atoms with E-state index < -0.39 is 5.97 Å². The standard InChI is InChI=1S/C17H14O2/c1-10-13-5-3-4-6-14(13)11(2)16-9-12(17(18)19)7-8-15(10)16/h3-9H,1-2H3,(H,18,19). The molecule has 0 aromatic heterocycles. The fourth-order valence-electron chi connectivity index (χ4n) is 2.74. The number of aromatic carboxylic acids is 1. The monoisotopic (exact) mass is 250 g/mol. The zero-order chi connectivity index (χ0) is 13.6. The molecule has 0 saturated carbocycles. The molecule has 94 valence electrons. The number of carboxylic acids is 1. The van der Waals surface area contributed by atoms with Crippen LogP contribution in [-0.4, -0.2) is 11.1 Å². The van der Waals surface area contributed by atoms with E-state index in [4.69, 9.17) is 5.11 Å². The second-order valence-electron chi connectivity index (χ2n) is 4.86. The molecule has 0 aliphatic rings. The number of hydrogen-bond donors (Lipinski definition) is 1. The largest absolute Gasteiger partial charge is 0.478 e. The molecule has 0 radical (unpaired) electrons. The highest BCUT2D eigenvalue weighted by atomic mass is 16.4. The van der Waals surface area contributed by atoms with Crippen LogP contribution in [0.3, 0.4) is 0 Å². The second kappa shape index (κ2) is 4.09. The van der Waals surface area contributed by atoms with Crippen LogP contribution >= 0.6 is 0 Å². The first-order chi connectivity index (χ1) is 9.09. The summed E-state index contributed by atoms with van der Waals surface area (Å²) in [5.41, 5.74) is 2.68. The van der Waals surface area contributed by atoms with Gasteiger partial charge in [-0.05, 0) is 58.7 Å². The van der Waals surface area contributed by atoms with Crippen LogP contribution in [0.1, 0.15) is 21.5 Å². The predicted molar refractivity (Wildman–Crippen MR) is 77.9 cm³/mol. The van der Waals surface area contributed by atoms with Crippen molar-refractivity contribution in [1.29, 1.82) is 0 Å². The quantitative estimate of drug-likeness (QED) is 0.653. The van der Waals surface area contributed by atoms with Crippen molar-refractivity contribution >= 4 is 27.5 Å². The van der Waals surface area contributed by atoms with Gasteiger partial charge in [-0.15, -0.1) is 0 Å². The van der Waals surface area contributed by atoms with E-state index in [2.05, 4.69) is 26.0 Å². The van der Waals surface area contributed by atoms with Crippen molar-refractivity contribution in [2.24, 2.45) is 0 Å². The predicted octanol–water partition coefficient (Wildman–Crippen LogP) is 4.31. The van der Waals surface area contributed by atoms with E-state index >= 15 is 0 Å². The average Bonchev–Trinajstić information content (AvgIpc) is 2.44. The summed E-state index contributed by atoms with van der Waals surface area (Å²) in [6.45, 7) is 4.14. The number of hydrogen-bond acceptors (Lipinski definition) is 1. The summed E-state index contributed by atoms with van der Waals surface area (Å²) in [6.07, 6.45) is 0. The normalized spacial score (nSPS) is 11.1. The van der Waals surface area contributed by atoms with Crippen molar-refractivity contribution < 1.29 is 9.90 Å². The molecule has 3 aromatic rings. The lowest BCUT2D eigenvalue weighted by Crippen LogP contribution is -1.97. The molecule has 2 nitrogen and oxygen atoms in total. The SMILES string of the molecule is Cc1c2ccccc2c(C)c2cc(C(=O)O)ccc12. The van der Waals surface area contributed by atoms with Crippen molar-refractivity contribution in [3.63, 3.8) is 0 Å². The third kappa shape index (κ3) is 1.68. The van der Waals surface area contributed by atoms with Gasteiger partial charge in [0.25, 0.3) is 0 Å². The van der Waals surface area contributed by atoms with Crippen molar-refractivity contribution in [3.8, 4) is 0 Å². The maximum Gasteiger partial charge on any atom is 0.335 e. The molecule has 2 heteroatoms. The van der Waals surface area contributed by atoms with Crippen LogP contribution in [-0.2, 0) is 0 Å². The van der Waals surface area contributed by atoms with Crippen molar-refractivity contribution in [2.75, 3.05) is 0 Å². The summed E-state index contributed by atoms with van der Waals surface area (Å²) < 4.78 is 0. The van der Waals surface area contributed by atoms with Crippen LogP contribution in [0.15, 0.2) is 42.5 Å². The zero-order valence-corrected chi connectivity index (χ0v) is 10.9. The van der Waals surface area contributed by atoms with Crippen LogP contribution in [0, 0.1) is 13.8 Å². The molecule has 0 spiro atoms. The molecule has 19 heavy (non-hydrogen) atoms. The van der Waals surface area contributed by atoms with Gasteiger partial charge in [-0.3, -0.25) is 0 Å². The summed E-state index contributed by atoms with van der Waals surface area (Å²) in [5, 5.41) is 13.7. The van der Waals surface area contributed by atoms with Gasteiger partial charge in [0, 0.05) is 0 Å². The Morgan fingerprint density at radius 3 is 1.95 bits per heavy atom. The molecule has 0 unspecified atom stereocenters. The smallest absolute Gasteiger partial charge is 0.335 e. The van der Waals surface area contributed by atoms with E-state index in [0.29, 0.717) is 5.56 Å². The molecule has 3 rings (SSSR count). The van der Waals surface area contributed by atoms with Crippen molar-refractivity contribution in [2.45, 2.75) is 13.8 Å². The van der Waals surface area contributed by atoms with E-state index in [1.165, 1.54) is 16.3 Å². The van der Waals surface area contributed by atoms with Crippen LogP contribution in [0.4, 0.5) is 0 Å². The first-order valence-electron chi connectivity index (χ1n) is 6.24. The van der Waals surface area contributed by atoms with E-state index in [-0.39, 0.29) is 0 Å². The molecule has 0 saturated heterocycles. The van der Waals surface area contributed by atoms with Crippen LogP contribution in [0.25, 0.3) is 21.5 Å². The minimum Gasteiger partial charge on any atom is -0.478 e. The Bertz CT molecular complexity index is 816. The summed E-state index contributed by atoms with van der Waals surface area (Å²) >= 11 is 0. The van der Waals surface area contributed by atoms with E-state index in [1.807, 2.05) is 18.2 Å². The Morgan fingerprint density at radius 1 is 0.842 bits per heavy atom. The van der Waals surface area contributed by atoms with Gasteiger partial charge in [0.05, 0.1) is 5.56 Å². The third-order valence-electron chi connectivity index (χ3n) is 3.81. The minimum atomic E-state index is -0.882. The number of aryl methyl sites for hydroxylation is 2. The summed E-state index contributed by atoms with van der Waals surface area (Å²) in [5.74, 6) is -0.882. The summed E-state index contributed by atoms with van der Waals surface area (Å²) in [4.78, 5) is 11.1. The Kier molecular flexibility index (Phi) is 2.53. The van der Waals surface area contributed by atoms with Crippen LogP contribution < -0.4 is 0 Å². The Balaban J connectivity index is 2.52. The highest BCUT2D eigenvalue weighted by Crippen LogP contribution is 2.32. The number of carboxylic acid groups (broad SMARTS) is 1. The number of fused-ring (bicyclic) bond motifs is 2. The fourth-order valence-corrected chi connectivity index (χ4v) is 2.74. The van der Waals surface area contributed by atoms with Gasteiger partial charge < -0.3 is 5.11 Å². The first-order valence-corrected chi connectivity index (χ1v) is 6.24. The molecular formula is C17H14O2. The van der Waals surface area contributed by atoms with E-state index in [1.54, 1.807) is 12.1 Å². The molecule has 0 fully saturated rings. The lowest BCUT2D eigenvalue weighted by molar-refractivity contribution is 0.0697. The van der Waals surface area contributed by atoms with Gasteiger partial charge >= 0.3 is 5.97 Å². The highest BCUT2D eigenvalue weighted by Gasteiger charge is 2.10. The van der Waals surface area contributed by atoms with Gasteiger partial charge in [0.15, 0.2) is 0 Å². The van der Waals surface area contributed by atoms with Crippen LogP contribution in [0.5, 0.6) is 0 Å². The lowest BCUT2D eigenvalue weighted by atomic mass is 9.92. The molecular weight excluding hydrogens is 236 g/mol. The van der Waals surface area contributed by atoms with Gasteiger partial charge in [0.2, 0.25) is 0 Å². The summed E-state index contributed by atoms with van der Waals surface area (Å²) in [7, 11) is 0. The van der Waals surface area contributed by atoms with Gasteiger partial charge in [0.1, 0.15) is 0 Å². The average molecular weight is 250 g/mol. The van der Waals surface area contributed by atoms with Crippen molar-refractivity contribution in [3.05, 3.63) is 59.2 Å². The van der Waals surface area contributed by atoms with E-state index in [9.17, 15) is 4.79 Å². The van der Waals surface area contributed by atoms with Crippen molar-refractivity contribution in [1.82, 2.24) is 0 Å². The lowest BCUT2D eigenvalue weighted by Gasteiger charge is -2.12. The highest BCUT2D eigenvalue weighted by molar-refractivity contribution is 6.07. The molecule has 0 atom stereocenters. The molecule has 3 aromatic carbocycles. The first kappa shape index (κ1) is 11.7. The fraction of sp³-hybridized carbons (Fsp3) is 0.118. The summed E-state index contributed by atoms with van der Waals surface area (Å²) in [6, 6.07) is 13.6. The van der Waals surface area contributed by atoms with Gasteiger partial charge in [-0.25, -0.2) is 4.79 Å². The number of benzene rings is 3. The molecule has 0 heterocycles. The van der Waals surface area contributed by atoms with Gasteiger partial charge in [-0.2, -0.15) is 0 Å². The molecule has 0 aliphatic carbocycles. The van der Waals surface area contributed by atoms with Crippen LogP contribution in [0.2, 0.25) is 0 Å². The molecule has 1 N–H and O–H groups in total. The topological polar surface area (TPSA) is 37.3 Å². The second-order valence-corrected chi connectivity index (χ2v) is 4.86. The Labute approximate surface area is 111 Å². The molecule has 0 aliphatic heterocycles.